The zero-order valence-electron chi connectivity index (χ0n) is 35.0. The Morgan fingerprint density at radius 1 is 0.554 bits per heavy atom. The van der Waals surface area contributed by atoms with Crippen molar-refractivity contribution >= 4 is 29.1 Å². The van der Waals surface area contributed by atoms with Crippen LogP contribution in [0.3, 0.4) is 0 Å². The number of Topliss-reactive ketones (excluding diaryl/α,β-unsaturated/α-hetero) is 2. The van der Waals surface area contributed by atoms with E-state index in [1.807, 2.05) is 12.2 Å². The Morgan fingerprint density at radius 2 is 0.964 bits per heavy atom. The summed E-state index contributed by atoms with van der Waals surface area (Å²) in [5, 5.41) is 8.38. The van der Waals surface area contributed by atoms with Crippen LogP contribution >= 0.6 is 0 Å². The fraction of sp³-hybridized carbons (Fsp3) is 0.694. The number of carboxylic acids is 1. The second kappa shape index (κ2) is 15.9. The van der Waals surface area contributed by atoms with E-state index < -0.39 is 5.97 Å². The van der Waals surface area contributed by atoms with E-state index in [9.17, 15) is 24.0 Å². The average molecular weight is 769 g/mol. The van der Waals surface area contributed by atoms with Gasteiger partial charge < -0.3 is 10.6 Å². The number of fused-ring (bicyclic) bond motifs is 10. The van der Waals surface area contributed by atoms with E-state index in [4.69, 9.17) is 5.11 Å². The normalized spacial score (nSPS) is 41.7. The van der Waals surface area contributed by atoms with Crippen LogP contribution in [-0.4, -0.2) is 39.7 Å². The molecule has 12 atom stereocenters. The predicted octanol–water partition coefficient (Wildman–Crippen LogP) is 10.0. The van der Waals surface area contributed by atoms with Crippen molar-refractivity contribution in [3.8, 4) is 0 Å². The predicted molar refractivity (Wildman–Crippen MR) is 219 cm³/mol. The Labute approximate surface area is 335 Å². The zero-order chi connectivity index (χ0) is 39.5. The van der Waals surface area contributed by atoms with Crippen molar-refractivity contribution in [2.75, 3.05) is 0 Å². The fourth-order valence-electron chi connectivity index (χ4n) is 15.0. The number of hydrogen-bond acceptors (Lipinski definition) is 5. The lowest BCUT2D eigenvalue weighted by molar-refractivity contribution is -0.129. The highest BCUT2D eigenvalue weighted by molar-refractivity contribution is 5.92. The molecule has 1 aromatic rings. The van der Waals surface area contributed by atoms with Gasteiger partial charge in [-0.15, -0.1) is 0 Å². The molecule has 9 rings (SSSR count). The molecule has 8 aliphatic carbocycles. The third-order valence-electron chi connectivity index (χ3n) is 17.9. The number of carboxylic acid groups (broad SMARTS) is 1. The molecular weight excluding hydrogens is 701 g/mol. The number of ketones is 4. The molecule has 0 bridgehead atoms. The molecule has 7 nitrogen and oxygen atoms in total. The molecule has 6 saturated carbocycles. The molecule has 1 aromatic carbocycles. The lowest BCUT2D eigenvalue weighted by atomic mass is 9.46. The summed E-state index contributed by atoms with van der Waals surface area (Å²) in [7, 11) is 0. The molecule has 0 aliphatic heterocycles. The molecule has 0 saturated heterocycles. The topological polar surface area (TPSA) is 137 Å². The Morgan fingerprint density at radius 3 is 1.32 bits per heavy atom. The number of aromatic carboxylic acids is 1. The second-order valence-corrected chi connectivity index (χ2v) is 20.2. The summed E-state index contributed by atoms with van der Waals surface area (Å²) in [6.45, 7) is 13.3. The minimum atomic E-state index is -0.879. The lowest BCUT2D eigenvalue weighted by Gasteiger charge is -2.58. The second-order valence-electron chi connectivity index (χ2n) is 20.2. The minimum absolute atomic E-state index is 0. The van der Waals surface area contributed by atoms with E-state index in [0.717, 1.165) is 86.9 Å². The Hall–Kier alpha value is -3.19. The molecule has 0 amide bonds. The number of carbonyl (C=O) groups is 5. The molecule has 7 heteroatoms. The molecule has 0 spiro atoms. The largest absolute Gasteiger partial charge is 0.478 e. The molecule has 306 valence electrons. The number of carbonyl (C=O) groups excluding carboxylic acids is 4. The first kappa shape index (κ1) is 42.4. The highest BCUT2D eigenvalue weighted by atomic mass is 16.4. The van der Waals surface area contributed by atoms with Crippen LogP contribution in [0, 0.1) is 69.0 Å². The minimum Gasteiger partial charge on any atom is -0.478 e. The van der Waals surface area contributed by atoms with E-state index in [-0.39, 0.29) is 27.1 Å². The summed E-state index contributed by atoms with van der Waals surface area (Å²) < 4.78 is 0. The highest BCUT2D eigenvalue weighted by Crippen LogP contribution is 2.68. The van der Waals surface area contributed by atoms with Crippen LogP contribution in [0.25, 0.3) is 0 Å². The van der Waals surface area contributed by atoms with Crippen LogP contribution < -0.4 is 0 Å². The van der Waals surface area contributed by atoms with Gasteiger partial charge in [0.2, 0.25) is 0 Å². The van der Waals surface area contributed by atoms with Gasteiger partial charge in [-0.2, -0.15) is 0 Å². The van der Waals surface area contributed by atoms with Crippen molar-refractivity contribution in [1.82, 2.24) is 0 Å². The maximum Gasteiger partial charge on any atom is 0.335 e. The molecule has 6 fully saturated rings. The van der Waals surface area contributed by atoms with E-state index >= 15 is 0 Å². The summed E-state index contributed by atoms with van der Waals surface area (Å²) in [5.74, 6) is 5.70. The lowest BCUT2D eigenvalue weighted by Crippen LogP contribution is -2.51. The first-order valence-corrected chi connectivity index (χ1v) is 21.8. The maximum atomic E-state index is 12.1. The van der Waals surface area contributed by atoms with Crippen molar-refractivity contribution in [1.29, 1.82) is 0 Å². The van der Waals surface area contributed by atoms with Gasteiger partial charge in [0, 0.05) is 24.7 Å². The van der Waals surface area contributed by atoms with Gasteiger partial charge in [0.05, 0.1) is 5.56 Å². The van der Waals surface area contributed by atoms with Crippen LogP contribution in [0.15, 0.2) is 53.6 Å². The average Bonchev–Trinajstić information content (AvgIpc) is 3.70. The number of hydrogen-bond donors (Lipinski definition) is 1. The summed E-state index contributed by atoms with van der Waals surface area (Å²) in [5.41, 5.74) is 4.22. The molecule has 0 radical (unpaired) electrons. The number of benzene rings is 1. The smallest absolute Gasteiger partial charge is 0.335 e. The Bertz CT molecular complexity index is 1670. The maximum absolute atomic E-state index is 12.1. The standard InChI is InChI=1S/2C21H30O2.C7H6O2.H2O/c2*1-13(22)17-6-7-18-16-5-4-14-12-15(23)8-10-20(14,2)19(16)9-11-21(17,18)3;8-7(9)6-4-2-1-3-5-6;/h2*12,16-19H,4-11H2,1-3H3;1-5H,(H,8,9);1H2/t2*16-,17+,18-,19-,20-,21+;;/m00../s1. The zero-order valence-corrected chi connectivity index (χ0v) is 35.0. The van der Waals surface area contributed by atoms with E-state index in [0.29, 0.717) is 40.5 Å². The molecule has 8 aliphatic rings. The molecule has 56 heavy (non-hydrogen) atoms. The molecule has 0 unspecified atom stereocenters. The fourth-order valence-corrected chi connectivity index (χ4v) is 15.0. The Kier molecular flexibility index (Phi) is 12.0. The molecule has 0 heterocycles. The summed E-state index contributed by atoms with van der Waals surface area (Å²) in [6, 6.07) is 8.30. The Balaban J connectivity index is 0.000000154. The van der Waals surface area contributed by atoms with Gasteiger partial charge in [0.1, 0.15) is 11.6 Å². The van der Waals surface area contributed by atoms with Gasteiger partial charge in [0.15, 0.2) is 11.6 Å². The van der Waals surface area contributed by atoms with Crippen molar-refractivity contribution in [3.05, 3.63) is 59.2 Å². The van der Waals surface area contributed by atoms with E-state index in [1.54, 1.807) is 44.2 Å². The van der Waals surface area contributed by atoms with Crippen LogP contribution in [-0.2, 0) is 19.2 Å². The third-order valence-corrected chi connectivity index (χ3v) is 17.9. The van der Waals surface area contributed by atoms with E-state index in [1.165, 1.54) is 62.5 Å². The number of rotatable bonds is 3. The summed E-state index contributed by atoms with van der Waals surface area (Å²) in [6.07, 6.45) is 21.9. The quantitative estimate of drug-likeness (QED) is 0.325. The highest BCUT2D eigenvalue weighted by Gasteiger charge is 2.61. The van der Waals surface area contributed by atoms with Gasteiger partial charge >= 0.3 is 5.97 Å². The van der Waals surface area contributed by atoms with Crippen molar-refractivity contribution < 1.29 is 34.6 Å². The van der Waals surface area contributed by atoms with Gasteiger partial charge in [-0.25, -0.2) is 4.79 Å². The van der Waals surface area contributed by atoms with Crippen molar-refractivity contribution in [2.24, 2.45) is 69.0 Å². The van der Waals surface area contributed by atoms with Crippen LogP contribution in [0.5, 0.6) is 0 Å². The van der Waals surface area contributed by atoms with Gasteiger partial charge in [-0.1, -0.05) is 57.0 Å². The molecule has 3 N–H and O–H groups in total. The first-order valence-electron chi connectivity index (χ1n) is 21.8. The van der Waals surface area contributed by atoms with Crippen molar-refractivity contribution in [3.63, 3.8) is 0 Å². The van der Waals surface area contributed by atoms with Gasteiger partial charge in [0.25, 0.3) is 0 Å². The van der Waals surface area contributed by atoms with Crippen LogP contribution in [0.1, 0.15) is 155 Å². The summed E-state index contributed by atoms with van der Waals surface area (Å²) in [4.78, 5) is 58.2. The van der Waals surface area contributed by atoms with E-state index in [2.05, 4.69) is 27.7 Å². The van der Waals surface area contributed by atoms with Crippen molar-refractivity contribution in [2.45, 2.75) is 144 Å². The molecule has 0 aromatic heterocycles. The third kappa shape index (κ3) is 7.15. The van der Waals surface area contributed by atoms with Crippen LogP contribution in [0.2, 0.25) is 0 Å². The summed E-state index contributed by atoms with van der Waals surface area (Å²) >= 11 is 0. The van der Waals surface area contributed by atoms with Crippen LogP contribution in [0.4, 0.5) is 0 Å². The monoisotopic (exact) mass is 768 g/mol. The van der Waals surface area contributed by atoms with Gasteiger partial charge in [-0.05, 0) is 185 Å². The first-order chi connectivity index (χ1) is 26.0. The molecular formula is C49H68O7. The number of allylic oxidation sites excluding steroid dienone is 2. The SMILES string of the molecule is CC(=O)[C@H]1CC[C@H]2[C@@H]3CCC4=CC(=O)CC[C@]4(C)[C@H]3CC[C@]12C.CC(=O)[C@H]1CC[C@H]2[C@@H]3CCC4=CC(=O)CC[C@]4(C)[C@H]3CC[C@]12C.O.O=C(O)c1ccccc1. The van der Waals surface area contributed by atoms with Gasteiger partial charge in [-0.3, -0.25) is 19.2 Å².